The average Bonchev–Trinajstić information content (AvgIpc) is 2.84. The molecule has 1 saturated carbocycles. The lowest BCUT2D eigenvalue weighted by Crippen LogP contribution is -2.50. The number of likely N-dealkylation sites (N-methyl/N-ethyl adjacent to an activating group) is 1. The van der Waals surface area contributed by atoms with Crippen molar-refractivity contribution in [1.82, 2.24) is 10.2 Å². The second kappa shape index (κ2) is 7.48. The van der Waals surface area contributed by atoms with Crippen LogP contribution in [0, 0.1) is 0 Å². The van der Waals surface area contributed by atoms with Crippen LogP contribution in [-0.2, 0) is 14.3 Å². The fourth-order valence-electron chi connectivity index (χ4n) is 2.62. The molecular formula is C14H26N2O3. The van der Waals surface area contributed by atoms with E-state index in [1.54, 1.807) is 6.92 Å². The van der Waals surface area contributed by atoms with Gasteiger partial charge in [-0.15, -0.1) is 0 Å². The molecule has 0 aromatic rings. The molecule has 1 amide bonds. The van der Waals surface area contributed by atoms with E-state index in [1.807, 2.05) is 0 Å². The molecule has 0 aromatic carbocycles. The predicted molar refractivity (Wildman–Crippen MR) is 73.8 cm³/mol. The van der Waals surface area contributed by atoms with Crippen molar-refractivity contribution in [3.63, 3.8) is 0 Å². The van der Waals surface area contributed by atoms with Gasteiger partial charge in [0, 0.05) is 18.5 Å². The van der Waals surface area contributed by atoms with Crippen LogP contribution in [0.15, 0.2) is 0 Å². The third kappa shape index (κ3) is 4.82. The van der Waals surface area contributed by atoms with Crippen LogP contribution in [0.2, 0.25) is 0 Å². The zero-order valence-corrected chi connectivity index (χ0v) is 12.3. The SMILES string of the molecule is CCOC(=O)CCC(=O)NCC1(N(C)C)CCCC1. The molecule has 0 bridgehead atoms. The molecule has 0 atom stereocenters. The van der Waals surface area contributed by atoms with Crippen molar-refractivity contribution >= 4 is 11.9 Å². The van der Waals surface area contributed by atoms with E-state index in [2.05, 4.69) is 24.3 Å². The summed E-state index contributed by atoms with van der Waals surface area (Å²) in [6, 6.07) is 0. The van der Waals surface area contributed by atoms with Gasteiger partial charge >= 0.3 is 5.97 Å². The molecule has 0 saturated heterocycles. The third-order valence-electron chi connectivity index (χ3n) is 3.96. The maximum Gasteiger partial charge on any atom is 0.306 e. The Balaban J connectivity index is 2.31. The Labute approximate surface area is 115 Å². The van der Waals surface area contributed by atoms with Gasteiger partial charge in [0.05, 0.1) is 13.0 Å². The van der Waals surface area contributed by atoms with E-state index >= 15 is 0 Å². The zero-order valence-electron chi connectivity index (χ0n) is 12.3. The first-order valence-corrected chi connectivity index (χ1v) is 7.10. The van der Waals surface area contributed by atoms with E-state index in [4.69, 9.17) is 4.74 Å². The second-order valence-electron chi connectivity index (χ2n) is 5.41. The number of hydrogen-bond donors (Lipinski definition) is 1. The first-order valence-electron chi connectivity index (χ1n) is 7.10. The van der Waals surface area contributed by atoms with Crippen molar-refractivity contribution in [3.05, 3.63) is 0 Å². The number of nitrogens with one attached hydrogen (secondary N) is 1. The van der Waals surface area contributed by atoms with Gasteiger partial charge in [0.25, 0.3) is 0 Å². The molecule has 5 heteroatoms. The molecule has 5 nitrogen and oxygen atoms in total. The highest BCUT2D eigenvalue weighted by atomic mass is 16.5. The molecule has 0 spiro atoms. The van der Waals surface area contributed by atoms with Gasteiger partial charge in [-0.25, -0.2) is 0 Å². The summed E-state index contributed by atoms with van der Waals surface area (Å²) in [6.07, 6.45) is 5.06. The molecule has 0 radical (unpaired) electrons. The molecule has 110 valence electrons. The number of rotatable bonds is 7. The van der Waals surface area contributed by atoms with Crippen LogP contribution >= 0.6 is 0 Å². The van der Waals surface area contributed by atoms with Crippen molar-refractivity contribution in [3.8, 4) is 0 Å². The molecule has 0 heterocycles. The van der Waals surface area contributed by atoms with Gasteiger partial charge in [-0.2, -0.15) is 0 Å². The van der Waals surface area contributed by atoms with Crippen LogP contribution < -0.4 is 5.32 Å². The predicted octanol–water partition coefficient (Wildman–Crippen LogP) is 1.32. The number of hydrogen-bond acceptors (Lipinski definition) is 4. The van der Waals surface area contributed by atoms with Gasteiger partial charge < -0.3 is 15.0 Å². The number of ether oxygens (including phenoxy) is 1. The van der Waals surface area contributed by atoms with Crippen molar-refractivity contribution in [1.29, 1.82) is 0 Å². The van der Waals surface area contributed by atoms with Gasteiger partial charge in [0.2, 0.25) is 5.91 Å². The Hall–Kier alpha value is -1.10. The van der Waals surface area contributed by atoms with E-state index in [1.165, 1.54) is 12.8 Å². The number of carbonyl (C=O) groups excluding carboxylic acids is 2. The Kier molecular flexibility index (Phi) is 6.28. The summed E-state index contributed by atoms with van der Waals surface area (Å²) in [5.41, 5.74) is 0.0968. The summed E-state index contributed by atoms with van der Waals surface area (Å²) >= 11 is 0. The molecular weight excluding hydrogens is 244 g/mol. The molecule has 1 aliphatic carbocycles. The minimum Gasteiger partial charge on any atom is -0.466 e. The minimum absolute atomic E-state index is 0.0684. The van der Waals surface area contributed by atoms with Crippen molar-refractivity contribution in [2.75, 3.05) is 27.2 Å². The fraction of sp³-hybridized carbons (Fsp3) is 0.857. The molecule has 19 heavy (non-hydrogen) atoms. The Morgan fingerprint density at radius 3 is 2.37 bits per heavy atom. The van der Waals surface area contributed by atoms with E-state index in [0.717, 1.165) is 12.8 Å². The van der Waals surface area contributed by atoms with E-state index in [-0.39, 0.29) is 30.3 Å². The lowest BCUT2D eigenvalue weighted by molar-refractivity contribution is -0.144. The van der Waals surface area contributed by atoms with Crippen molar-refractivity contribution in [2.45, 2.75) is 51.0 Å². The smallest absolute Gasteiger partial charge is 0.306 e. The summed E-state index contributed by atoms with van der Waals surface area (Å²) < 4.78 is 4.80. The van der Waals surface area contributed by atoms with Gasteiger partial charge in [-0.1, -0.05) is 12.8 Å². The minimum atomic E-state index is -0.305. The highest BCUT2D eigenvalue weighted by molar-refractivity contribution is 5.81. The van der Waals surface area contributed by atoms with E-state index in [9.17, 15) is 9.59 Å². The summed E-state index contributed by atoms with van der Waals surface area (Å²) in [6.45, 7) is 2.80. The lowest BCUT2D eigenvalue weighted by Gasteiger charge is -2.36. The van der Waals surface area contributed by atoms with Gasteiger partial charge in [0.15, 0.2) is 0 Å². The van der Waals surface area contributed by atoms with Crippen LogP contribution in [0.4, 0.5) is 0 Å². The Bertz CT molecular complexity index is 310. The topological polar surface area (TPSA) is 58.6 Å². The molecule has 1 fully saturated rings. The maximum absolute atomic E-state index is 11.7. The summed E-state index contributed by atoms with van der Waals surface area (Å²) in [4.78, 5) is 25.1. The van der Waals surface area contributed by atoms with Gasteiger partial charge in [-0.3, -0.25) is 9.59 Å². The Morgan fingerprint density at radius 2 is 1.84 bits per heavy atom. The summed E-state index contributed by atoms with van der Waals surface area (Å²) in [5.74, 6) is -0.373. The van der Waals surface area contributed by atoms with Crippen LogP contribution in [0.1, 0.15) is 45.4 Å². The standard InChI is InChI=1S/C14H26N2O3/c1-4-19-13(18)8-7-12(17)15-11-14(16(2)3)9-5-6-10-14/h4-11H2,1-3H3,(H,15,17). The Morgan fingerprint density at radius 1 is 1.21 bits per heavy atom. The number of amides is 1. The summed E-state index contributed by atoms with van der Waals surface area (Å²) in [7, 11) is 4.13. The van der Waals surface area contributed by atoms with E-state index < -0.39 is 0 Å². The molecule has 1 N–H and O–H groups in total. The molecule has 1 rings (SSSR count). The third-order valence-corrected chi connectivity index (χ3v) is 3.96. The monoisotopic (exact) mass is 270 g/mol. The van der Waals surface area contributed by atoms with Crippen LogP contribution in [-0.4, -0.2) is 49.6 Å². The lowest BCUT2D eigenvalue weighted by atomic mass is 9.96. The molecule has 0 aromatic heterocycles. The highest BCUT2D eigenvalue weighted by Crippen LogP contribution is 2.33. The average molecular weight is 270 g/mol. The van der Waals surface area contributed by atoms with Crippen molar-refractivity contribution in [2.24, 2.45) is 0 Å². The number of esters is 1. The molecule has 1 aliphatic rings. The quantitative estimate of drug-likeness (QED) is 0.709. The molecule has 0 aliphatic heterocycles. The number of nitrogens with zero attached hydrogens (tertiary/aromatic N) is 1. The highest BCUT2D eigenvalue weighted by Gasteiger charge is 2.35. The maximum atomic E-state index is 11.7. The first-order chi connectivity index (χ1) is 9.00. The second-order valence-corrected chi connectivity index (χ2v) is 5.41. The van der Waals surface area contributed by atoms with Crippen LogP contribution in [0.3, 0.4) is 0 Å². The van der Waals surface area contributed by atoms with Gasteiger partial charge in [0.1, 0.15) is 0 Å². The van der Waals surface area contributed by atoms with Crippen LogP contribution in [0.5, 0.6) is 0 Å². The molecule has 0 unspecified atom stereocenters. The largest absolute Gasteiger partial charge is 0.466 e. The zero-order chi connectivity index (χ0) is 14.3. The summed E-state index contributed by atoms with van der Waals surface area (Å²) in [5, 5.41) is 2.96. The van der Waals surface area contributed by atoms with Crippen molar-refractivity contribution < 1.29 is 14.3 Å². The normalized spacial score (nSPS) is 17.5. The van der Waals surface area contributed by atoms with Crippen LogP contribution in [0.25, 0.3) is 0 Å². The van der Waals surface area contributed by atoms with E-state index in [0.29, 0.717) is 13.2 Å². The first kappa shape index (κ1) is 16.0. The van der Waals surface area contributed by atoms with Gasteiger partial charge in [-0.05, 0) is 33.9 Å². The fourth-order valence-corrected chi connectivity index (χ4v) is 2.62. The number of carbonyl (C=O) groups is 2.